The number of hydrogen-bond donors (Lipinski definition) is 2. The second-order valence-electron chi connectivity index (χ2n) is 6.75. The Balaban J connectivity index is 1.86. The SMILES string of the molecule is O=C([O-])CC[C@@H](NC(=O)/C(=C\c1ccc2c(c1)OCO2)NC(=O)c1ccccc1)C(=O)[O-]. The summed E-state index contributed by atoms with van der Waals surface area (Å²) in [6, 6.07) is 11.3. The van der Waals surface area contributed by atoms with Crippen LogP contribution in [0.15, 0.2) is 54.2 Å². The van der Waals surface area contributed by atoms with Crippen LogP contribution in [-0.2, 0) is 14.4 Å². The summed E-state index contributed by atoms with van der Waals surface area (Å²) in [6.07, 6.45) is 0.278. The van der Waals surface area contributed by atoms with E-state index in [9.17, 15) is 29.4 Å². The summed E-state index contributed by atoms with van der Waals surface area (Å²) >= 11 is 0. The maximum Gasteiger partial charge on any atom is 0.268 e. The van der Waals surface area contributed by atoms with Crippen LogP contribution in [-0.4, -0.2) is 36.6 Å². The van der Waals surface area contributed by atoms with Gasteiger partial charge in [0.15, 0.2) is 11.5 Å². The molecule has 3 rings (SSSR count). The highest BCUT2D eigenvalue weighted by molar-refractivity contribution is 6.06. The van der Waals surface area contributed by atoms with E-state index in [4.69, 9.17) is 9.47 Å². The van der Waals surface area contributed by atoms with Gasteiger partial charge in [-0.1, -0.05) is 24.3 Å². The van der Waals surface area contributed by atoms with Crippen molar-refractivity contribution in [2.24, 2.45) is 0 Å². The Morgan fingerprint density at radius 1 is 1.00 bits per heavy atom. The third kappa shape index (κ3) is 5.85. The Kier molecular flexibility index (Phi) is 7.06. The van der Waals surface area contributed by atoms with Crippen molar-refractivity contribution in [2.45, 2.75) is 18.9 Å². The van der Waals surface area contributed by atoms with E-state index in [2.05, 4.69) is 10.6 Å². The Bertz CT molecular complexity index is 1060. The Morgan fingerprint density at radius 3 is 2.41 bits per heavy atom. The van der Waals surface area contributed by atoms with Crippen LogP contribution in [0, 0.1) is 0 Å². The fourth-order valence-electron chi connectivity index (χ4n) is 2.86. The first-order valence-corrected chi connectivity index (χ1v) is 9.53. The molecule has 0 aromatic heterocycles. The van der Waals surface area contributed by atoms with Gasteiger partial charge in [0.25, 0.3) is 11.8 Å². The molecule has 166 valence electrons. The molecule has 32 heavy (non-hydrogen) atoms. The van der Waals surface area contributed by atoms with E-state index in [0.29, 0.717) is 17.1 Å². The minimum atomic E-state index is -1.67. The molecule has 10 heteroatoms. The average molecular weight is 438 g/mol. The van der Waals surface area contributed by atoms with E-state index in [-0.39, 0.29) is 18.1 Å². The average Bonchev–Trinajstić information content (AvgIpc) is 3.24. The highest BCUT2D eigenvalue weighted by Gasteiger charge is 2.20. The molecule has 2 amide bonds. The quantitative estimate of drug-likeness (QED) is 0.470. The standard InChI is InChI=1S/C22H20N2O8/c25-19(26)9-7-15(22(29)30)23-21(28)16(24-20(27)14-4-2-1-3-5-14)10-13-6-8-17-18(11-13)32-12-31-17/h1-6,8,10-11,15H,7,9,12H2,(H,23,28)(H,24,27)(H,25,26)(H,29,30)/p-2/b16-10+/t15-/m1/s1. The molecule has 0 spiro atoms. The number of aliphatic carboxylic acids is 2. The van der Waals surface area contributed by atoms with Crippen LogP contribution >= 0.6 is 0 Å². The molecule has 0 bridgehead atoms. The number of rotatable bonds is 9. The summed E-state index contributed by atoms with van der Waals surface area (Å²) in [5.74, 6) is -3.74. The molecule has 0 saturated carbocycles. The van der Waals surface area contributed by atoms with Crippen LogP contribution < -0.4 is 30.3 Å². The van der Waals surface area contributed by atoms with Crippen LogP contribution in [0.4, 0.5) is 0 Å². The largest absolute Gasteiger partial charge is 0.550 e. The predicted molar refractivity (Wildman–Crippen MR) is 106 cm³/mol. The zero-order valence-corrected chi connectivity index (χ0v) is 16.7. The first-order valence-electron chi connectivity index (χ1n) is 9.53. The Morgan fingerprint density at radius 2 is 1.72 bits per heavy atom. The van der Waals surface area contributed by atoms with Crippen molar-refractivity contribution in [3.8, 4) is 11.5 Å². The van der Waals surface area contributed by atoms with Gasteiger partial charge in [-0.2, -0.15) is 0 Å². The molecule has 1 aliphatic heterocycles. The first-order chi connectivity index (χ1) is 15.3. The summed E-state index contributed by atoms with van der Waals surface area (Å²) in [7, 11) is 0. The molecule has 1 heterocycles. The van der Waals surface area contributed by atoms with Crippen molar-refractivity contribution in [3.63, 3.8) is 0 Å². The fraction of sp³-hybridized carbons (Fsp3) is 0.182. The van der Waals surface area contributed by atoms with Gasteiger partial charge in [0, 0.05) is 11.5 Å². The minimum absolute atomic E-state index is 0.0479. The van der Waals surface area contributed by atoms with E-state index >= 15 is 0 Å². The smallest absolute Gasteiger partial charge is 0.268 e. The van der Waals surface area contributed by atoms with Gasteiger partial charge in [0.05, 0.1) is 12.0 Å². The molecule has 0 unspecified atom stereocenters. The maximum atomic E-state index is 12.8. The van der Waals surface area contributed by atoms with Crippen LogP contribution in [0.5, 0.6) is 11.5 Å². The number of carbonyl (C=O) groups is 4. The van der Waals surface area contributed by atoms with Crippen molar-refractivity contribution in [3.05, 3.63) is 65.4 Å². The second kappa shape index (κ2) is 10.1. The molecule has 1 atom stereocenters. The van der Waals surface area contributed by atoms with Crippen LogP contribution in [0.2, 0.25) is 0 Å². The summed E-state index contributed by atoms with van der Waals surface area (Å²) in [5, 5.41) is 26.6. The molecule has 2 aromatic rings. The minimum Gasteiger partial charge on any atom is -0.550 e. The molecule has 2 aromatic carbocycles. The summed E-state index contributed by atoms with van der Waals surface area (Å²) < 4.78 is 10.5. The van der Waals surface area contributed by atoms with Crippen molar-refractivity contribution in [1.29, 1.82) is 0 Å². The molecule has 1 aliphatic rings. The van der Waals surface area contributed by atoms with E-state index in [1.54, 1.807) is 36.4 Å². The van der Waals surface area contributed by atoms with E-state index in [1.165, 1.54) is 18.2 Å². The number of hydrogen-bond acceptors (Lipinski definition) is 8. The number of carboxylic acids is 2. The van der Waals surface area contributed by atoms with Gasteiger partial charge < -0.3 is 39.9 Å². The van der Waals surface area contributed by atoms with Crippen molar-refractivity contribution < 1.29 is 38.9 Å². The lowest BCUT2D eigenvalue weighted by Crippen LogP contribution is -2.50. The fourth-order valence-corrected chi connectivity index (χ4v) is 2.86. The molecule has 0 radical (unpaired) electrons. The third-order valence-corrected chi connectivity index (χ3v) is 4.46. The highest BCUT2D eigenvalue weighted by Crippen LogP contribution is 2.33. The lowest BCUT2D eigenvalue weighted by atomic mass is 10.1. The summed E-state index contributed by atoms with van der Waals surface area (Å²) in [6.45, 7) is 0.0479. The number of benzene rings is 2. The van der Waals surface area contributed by atoms with Crippen LogP contribution in [0.25, 0.3) is 6.08 Å². The molecule has 0 fully saturated rings. The lowest BCUT2D eigenvalue weighted by molar-refractivity contribution is -0.310. The van der Waals surface area contributed by atoms with Gasteiger partial charge in [-0.3, -0.25) is 9.59 Å². The summed E-state index contributed by atoms with van der Waals surface area (Å²) in [5.41, 5.74) is 0.468. The Labute approximate surface area is 182 Å². The van der Waals surface area contributed by atoms with Gasteiger partial charge >= 0.3 is 0 Å². The first kappa shape index (κ1) is 22.3. The van der Waals surface area contributed by atoms with Gasteiger partial charge in [0.2, 0.25) is 6.79 Å². The number of amides is 2. The van der Waals surface area contributed by atoms with Gasteiger partial charge in [-0.25, -0.2) is 0 Å². The lowest BCUT2D eigenvalue weighted by Gasteiger charge is -2.21. The number of ether oxygens (including phenoxy) is 2. The number of carboxylic acid groups (broad SMARTS) is 2. The molecule has 2 N–H and O–H groups in total. The van der Waals surface area contributed by atoms with Crippen LogP contribution in [0.3, 0.4) is 0 Å². The monoisotopic (exact) mass is 438 g/mol. The van der Waals surface area contributed by atoms with Gasteiger partial charge in [0.1, 0.15) is 5.70 Å². The topological polar surface area (TPSA) is 157 Å². The third-order valence-electron chi connectivity index (χ3n) is 4.46. The summed E-state index contributed by atoms with van der Waals surface area (Å²) in [4.78, 5) is 47.4. The molecule has 0 saturated heterocycles. The van der Waals surface area contributed by atoms with E-state index in [1.807, 2.05) is 0 Å². The molecule has 0 aliphatic carbocycles. The van der Waals surface area contributed by atoms with Crippen LogP contribution in [0.1, 0.15) is 28.8 Å². The number of carbonyl (C=O) groups excluding carboxylic acids is 4. The Hall–Kier alpha value is -4.34. The van der Waals surface area contributed by atoms with Crippen molar-refractivity contribution in [1.82, 2.24) is 10.6 Å². The van der Waals surface area contributed by atoms with Gasteiger partial charge in [-0.05, 0) is 48.7 Å². The normalized spacial score (nSPS) is 13.2. The number of nitrogens with one attached hydrogen (secondary N) is 2. The second-order valence-corrected chi connectivity index (χ2v) is 6.75. The zero-order chi connectivity index (χ0) is 23.1. The molecular weight excluding hydrogens is 420 g/mol. The van der Waals surface area contributed by atoms with E-state index in [0.717, 1.165) is 0 Å². The van der Waals surface area contributed by atoms with Crippen molar-refractivity contribution >= 4 is 29.8 Å². The predicted octanol–water partition coefficient (Wildman–Crippen LogP) is -1.05. The molecular formula is C22H18N2O8-2. The van der Waals surface area contributed by atoms with Gasteiger partial charge in [-0.15, -0.1) is 0 Å². The van der Waals surface area contributed by atoms with Crippen molar-refractivity contribution in [2.75, 3.05) is 6.79 Å². The zero-order valence-electron chi connectivity index (χ0n) is 16.7. The molecule has 10 nitrogen and oxygen atoms in total. The van der Waals surface area contributed by atoms with E-state index < -0.39 is 42.6 Å². The maximum absolute atomic E-state index is 12.8. The number of fused-ring (bicyclic) bond motifs is 1. The highest BCUT2D eigenvalue weighted by atomic mass is 16.7.